The summed E-state index contributed by atoms with van der Waals surface area (Å²) in [5.74, 6) is 1.08. The van der Waals surface area contributed by atoms with Crippen molar-refractivity contribution in [2.45, 2.75) is 6.92 Å². The van der Waals surface area contributed by atoms with Gasteiger partial charge in [0.25, 0.3) is 11.5 Å². The molecule has 0 saturated heterocycles. The quantitative estimate of drug-likeness (QED) is 0.438. The van der Waals surface area contributed by atoms with E-state index in [0.717, 1.165) is 11.3 Å². The number of benzene rings is 1. The van der Waals surface area contributed by atoms with E-state index in [2.05, 4.69) is 4.98 Å². The molecule has 0 aliphatic heterocycles. The van der Waals surface area contributed by atoms with Crippen molar-refractivity contribution in [1.82, 2.24) is 4.98 Å². The molecule has 0 bridgehead atoms. The molecule has 0 fully saturated rings. The summed E-state index contributed by atoms with van der Waals surface area (Å²) in [6, 6.07) is 4.58. The van der Waals surface area contributed by atoms with Crippen LogP contribution in [0.1, 0.15) is 5.82 Å². The Kier molecular flexibility index (Phi) is 2.19. The third kappa shape index (κ3) is 1.44. The van der Waals surface area contributed by atoms with Gasteiger partial charge in [-0.05, 0) is 11.1 Å². The molecule has 0 atom stereocenters. The van der Waals surface area contributed by atoms with Gasteiger partial charge in [-0.25, -0.2) is 4.57 Å². The second-order valence-corrected chi connectivity index (χ2v) is 3.56. The van der Waals surface area contributed by atoms with E-state index in [0.29, 0.717) is 11.2 Å². The van der Waals surface area contributed by atoms with E-state index in [-0.39, 0.29) is 5.69 Å². The van der Waals surface area contributed by atoms with E-state index < -0.39 is 4.92 Å². The molecule has 1 heterocycles. The highest BCUT2D eigenvalue weighted by molar-refractivity contribution is 5.87. The van der Waals surface area contributed by atoms with E-state index in [1.807, 2.05) is 18.5 Å². The SMILES string of the molecule is Cc1nc(N)c2cc([N+](=O)[O-])ccc2[n+]1C. The Morgan fingerprint density at radius 2 is 2.19 bits per heavy atom. The fourth-order valence-corrected chi connectivity index (χ4v) is 1.62. The van der Waals surface area contributed by atoms with Crippen molar-refractivity contribution in [3.05, 3.63) is 34.1 Å². The zero-order valence-corrected chi connectivity index (χ0v) is 8.97. The molecule has 0 aliphatic rings. The molecule has 1 aromatic carbocycles. The maximum absolute atomic E-state index is 10.6. The van der Waals surface area contributed by atoms with Crippen molar-refractivity contribution in [2.75, 3.05) is 5.73 Å². The third-order valence-corrected chi connectivity index (χ3v) is 2.60. The number of hydrogen-bond donors (Lipinski definition) is 1. The highest BCUT2D eigenvalue weighted by Crippen LogP contribution is 2.22. The lowest BCUT2D eigenvalue weighted by Gasteiger charge is -2.01. The Morgan fingerprint density at radius 3 is 2.81 bits per heavy atom. The van der Waals surface area contributed by atoms with Gasteiger partial charge in [0.15, 0.2) is 0 Å². The number of aryl methyl sites for hydroxylation is 2. The van der Waals surface area contributed by atoms with E-state index in [1.165, 1.54) is 12.1 Å². The van der Waals surface area contributed by atoms with Crippen molar-refractivity contribution in [1.29, 1.82) is 0 Å². The number of nitrogens with zero attached hydrogens (tertiary/aromatic N) is 3. The minimum absolute atomic E-state index is 0.0184. The molecule has 0 saturated carbocycles. The maximum Gasteiger partial charge on any atom is 0.298 e. The van der Waals surface area contributed by atoms with Gasteiger partial charge in [-0.3, -0.25) is 10.1 Å². The number of nitro benzene ring substituents is 1. The number of fused-ring (bicyclic) bond motifs is 1. The molecule has 16 heavy (non-hydrogen) atoms. The first-order valence-corrected chi connectivity index (χ1v) is 4.71. The smallest absolute Gasteiger partial charge is 0.298 e. The van der Waals surface area contributed by atoms with Gasteiger partial charge >= 0.3 is 0 Å². The van der Waals surface area contributed by atoms with Crippen molar-refractivity contribution in [2.24, 2.45) is 7.05 Å². The van der Waals surface area contributed by atoms with E-state index in [1.54, 1.807) is 6.07 Å². The van der Waals surface area contributed by atoms with Gasteiger partial charge < -0.3 is 5.73 Å². The number of aromatic nitrogens is 2. The second-order valence-electron chi connectivity index (χ2n) is 3.56. The van der Waals surface area contributed by atoms with Gasteiger partial charge in [-0.2, -0.15) is 0 Å². The van der Waals surface area contributed by atoms with Gasteiger partial charge in [-0.1, -0.05) is 0 Å². The van der Waals surface area contributed by atoms with Crippen LogP contribution in [0.5, 0.6) is 0 Å². The number of nitrogen functional groups attached to an aromatic ring is 1. The summed E-state index contributed by atoms with van der Waals surface area (Å²) >= 11 is 0. The van der Waals surface area contributed by atoms with Crippen molar-refractivity contribution in [3.63, 3.8) is 0 Å². The van der Waals surface area contributed by atoms with Crippen LogP contribution in [0.4, 0.5) is 11.5 Å². The fraction of sp³-hybridized carbons (Fsp3) is 0.200. The molecular formula is C10H11N4O2+. The average Bonchev–Trinajstić information content (AvgIpc) is 2.25. The van der Waals surface area contributed by atoms with Gasteiger partial charge in [0, 0.05) is 19.1 Å². The molecule has 1 aromatic heterocycles. The highest BCUT2D eigenvalue weighted by atomic mass is 16.6. The van der Waals surface area contributed by atoms with Crippen LogP contribution in [0.25, 0.3) is 10.9 Å². The molecule has 2 N–H and O–H groups in total. The Balaban J connectivity index is 2.84. The number of nitro groups is 1. The standard InChI is InChI=1S/C10H10N4O2/c1-6-12-10(11)8-5-7(14(15)16)3-4-9(8)13(6)2/h3-5,11H,1-2H3/p+1. The lowest BCUT2D eigenvalue weighted by Crippen LogP contribution is -2.34. The zero-order chi connectivity index (χ0) is 11.9. The van der Waals surface area contributed by atoms with Crippen LogP contribution >= 0.6 is 0 Å². The molecule has 0 amide bonds. The van der Waals surface area contributed by atoms with E-state index in [9.17, 15) is 10.1 Å². The molecule has 0 unspecified atom stereocenters. The first-order chi connectivity index (χ1) is 7.50. The summed E-state index contributed by atoms with van der Waals surface area (Å²) in [6.07, 6.45) is 0. The minimum Gasteiger partial charge on any atom is -0.362 e. The van der Waals surface area contributed by atoms with Gasteiger partial charge in [0.2, 0.25) is 5.82 Å². The molecule has 2 rings (SSSR count). The minimum atomic E-state index is -0.446. The summed E-state index contributed by atoms with van der Waals surface area (Å²) in [5, 5.41) is 11.2. The van der Waals surface area contributed by atoms with Crippen LogP contribution in [-0.2, 0) is 7.05 Å². The van der Waals surface area contributed by atoms with E-state index in [4.69, 9.17) is 5.73 Å². The number of nitrogens with two attached hydrogens (primary N) is 1. The van der Waals surface area contributed by atoms with Gasteiger partial charge in [0.1, 0.15) is 5.52 Å². The summed E-state index contributed by atoms with van der Waals surface area (Å²) < 4.78 is 1.84. The van der Waals surface area contributed by atoms with Crippen LogP contribution in [0.15, 0.2) is 18.2 Å². The van der Waals surface area contributed by atoms with Gasteiger partial charge in [0.05, 0.1) is 17.4 Å². The molecule has 6 nitrogen and oxygen atoms in total. The normalized spacial score (nSPS) is 10.6. The molecule has 0 radical (unpaired) electrons. The van der Waals surface area contributed by atoms with Crippen LogP contribution < -0.4 is 10.3 Å². The number of hydrogen-bond acceptors (Lipinski definition) is 4. The fourth-order valence-electron chi connectivity index (χ4n) is 1.62. The first kappa shape index (κ1) is 10.3. The second kappa shape index (κ2) is 3.41. The molecule has 2 aromatic rings. The van der Waals surface area contributed by atoms with E-state index >= 15 is 0 Å². The monoisotopic (exact) mass is 219 g/mol. The average molecular weight is 219 g/mol. The van der Waals surface area contributed by atoms with Crippen molar-refractivity contribution < 1.29 is 9.49 Å². The summed E-state index contributed by atoms with van der Waals surface area (Å²) in [7, 11) is 1.84. The van der Waals surface area contributed by atoms with Crippen molar-refractivity contribution in [3.8, 4) is 0 Å². The zero-order valence-electron chi connectivity index (χ0n) is 8.97. The van der Waals surface area contributed by atoms with Crippen LogP contribution in [0.2, 0.25) is 0 Å². The predicted molar refractivity (Wildman–Crippen MR) is 58.7 cm³/mol. The van der Waals surface area contributed by atoms with Crippen LogP contribution in [0, 0.1) is 17.0 Å². The molecule has 82 valence electrons. The predicted octanol–water partition coefficient (Wildman–Crippen LogP) is 0.858. The molecule has 6 heteroatoms. The van der Waals surface area contributed by atoms with Gasteiger partial charge in [-0.15, -0.1) is 0 Å². The lowest BCUT2D eigenvalue weighted by atomic mass is 10.2. The highest BCUT2D eigenvalue weighted by Gasteiger charge is 2.17. The Labute approximate surface area is 91.5 Å². The lowest BCUT2D eigenvalue weighted by molar-refractivity contribution is -0.654. The van der Waals surface area contributed by atoms with Crippen LogP contribution in [0.3, 0.4) is 0 Å². The number of anilines is 1. The summed E-state index contributed by atoms with van der Waals surface area (Å²) in [5.41, 5.74) is 6.60. The number of non-ortho nitro benzene ring substituents is 1. The molecular weight excluding hydrogens is 208 g/mol. The third-order valence-electron chi connectivity index (χ3n) is 2.60. The van der Waals surface area contributed by atoms with Crippen molar-refractivity contribution >= 4 is 22.4 Å². The summed E-state index contributed by atoms with van der Waals surface area (Å²) in [4.78, 5) is 14.3. The molecule has 0 aliphatic carbocycles. The maximum atomic E-state index is 10.6. The topological polar surface area (TPSA) is 85.9 Å². The first-order valence-electron chi connectivity index (χ1n) is 4.71. The Bertz CT molecular complexity index is 595. The largest absolute Gasteiger partial charge is 0.362 e. The molecule has 0 spiro atoms. The van der Waals surface area contributed by atoms with Crippen LogP contribution in [-0.4, -0.2) is 9.91 Å². The number of rotatable bonds is 1. The Morgan fingerprint density at radius 1 is 1.50 bits per heavy atom. The summed E-state index contributed by atoms with van der Waals surface area (Å²) in [6.45, 7) is 1.83. The Hall–Kier alpha value is -2.24.